The van der Waals surface area contributed by atoms with Gasteiger partial charge in [-0.05, 0) is 41.3 Å². The van der Waals surface area contributed by atoms with Crippen molar-refractivity contribution in [3.05, 3.63) is 89.4 Å². The highest BCUT2D eigenvalue weighted by Gasteiger charge is 2.07. The Hall–Kier alpha value is -3.14. The molecule has 4 nitrogen and oxygen atoms in total. The number of benzene rings is 2. The molecule has 2 aromatic carbocycles. The zero-order valence-corrected chi connectivity index (χ0v) is 14.1. The van der Waals surface area contributed by atoms with Crippen LogP contribution in [0.3, 0.4) is 0 Å². The summed E-state index contributed by atoms with van der Waals surface area (Å²) in [6.07, 6.45) is 3.50. The van der Waals surface area contributed by atoms with E-state index in [4.69, 9.17) is 4.74 Å². The number of fused-ring (bicyclic) bond motifs is 1. The quantitative estimate of drug-likeness (QED) is 0.598. The molecule has 0 spiro atoms. The van der Waals surface area contributed by atoms with Crippen LogP contribution in [0.15, 0.2) is 66.9 Å². The molecule has 0 amide bonds. The number of ether oxygens (including phenoxy) is 1. The van der Waals surface area contributed by atoms with Gasteiger partial charge in [0.15, 0.2) is 5.65 Å². The fourth-order valence-corrected chi connectivity index (χ4v) is 2.98. The van der Waals surface area contributed by atoms with Crippen molar-refractivity contribution in [3.63, 3.8) is 0 Å². The van der Waals surface area contributed by atoms with Crippen LogP contribution in [-0.2, 0) is 12.8 Å². The summed E-state index contributed by atoms with van der Waals surface area (Å²) in [4.78, 5) is 12.5. The van der Waals surface area contributed by atoms with Gasteiger partial charge >= 0.3 is 0 Å². The van der Waals surface area contributed by atoms with E-state index in [1.165, 1.54) is 11.1 Å². The molecule has 2 aromatic heterocycles. The topological polar surface area (TPSA) is 50.8 Å². The Morgan fingerprint density at radius 2 is 1.72 bits per heavy atom. The van der Waals surface area contributed by atoms with Crippen LogP contribution in [0.5, 0.6) is 5.75 Å². The maximum Gasteiger partial charge on any atom is 0.177 e. The minimum atomic E-state index is 0.724. The van der Waals surface area contributed by atoms with E-state index in [9.17, 15) is 0 Å². The van der Waals surface area contributed by atoms with Crippen molar-refractivity contribution in [1.29, 1.82) is 0 Å². The Labute approximate surface area is 146 Å². The van der Waals surface area contributed by atoms with E-state index in [0.717, 1.165) is 41.1 Å². The molecule has 0 bridgehead atoms. The van der Waals surface area contributed by atoms with Gasteiger partial charge < -0.3 is 9.72 Å². The first-order valence-corrected chi connectivity index (χ1v) is 8.30. The molecule has 0 aliphatic heterocycles. The molecular formula is C21H19N3O. The molecule has 0 fully saturated rings. The van der Waals surface area contributed by atoms with Crippen molar-refractivity contribution in [2.75, 3.05) is 7.11 Å². The minimum absolute atomic E-state index is 0.724. The fraction of sp³-hybridized carbons (Fsp3) is 0.143. The summed E-state index contributed by atoms with van der Waals surface area (Å²) in [6.45, 7) is 0. The minimum Gasteiger partial charge on any atom is -0.497 e. The van der Waals surface area contributed by atoms with Crippen LogP contribution < -0.4 is 4.74 Å². The first-order chi connectivity index (χ1) is 12.3. The number of H-pyrrole nitrogens is 1. The maximum absolute atomic E-state index is 5.28. The predicted octanol–water partition coefficient (Wildman–Crippen LogP) is 4.15. The molecule has 25 heavy (non-hydrogen) atoms. The smallest absolute Gasteiger partial charge is 0.177 e. The molecule has 1 N–H and O–H groups in total. The van der Waals surface area contributed by atoms with Gasteiger partial charge in [0.25, 0.3) is 0 Å². The summed E-state index contributed by atoms with van der Waals surface area (Å²) in [7, 11) is 1.68. The number of aromatic nitrogens is 3. The van der Waals surface area contributed by atoms with Gasteiger partial charge in [0.2, 0.25) is 0 Å². The fourth-order valence-electron chi connectivity index (χ4n) is 2.98. The van der Waals surface area contributed by atoms with Crippen LogP contribution in [-0.4, -0.2) is 22.1 Å². The van der Waals surface area contributed by atoms with Crippen molar-refractivity contribution in [2.24, 2.45) is 0 Å². The lowest BCUT2D eigenvalue weighted by Crippen LogP contribution is -1.91. The summed E-state index contributed by atoms with van der Waals surface area (Å²) in [5, 5.41) is 0. The summed E-state index contributed by atoms with van der Waals surface area (Å²) >= 11 is 0. The first kappa shape index (κ1) is 15.4. The third-order valence-electron chi connectivity index (χ3n) is 4.20. The van der Waals surface area contributed by atoms with Crippen molar-refractivity contribution >= 4 is 11.2 Å². The highest BCUT2D eigenvalue weighted by atomic mass is 16.5. The molecule has 124 valence electrons. The van der Waals surface area contributed by atoms with Crippen LogP contribution >= 0.6 is 0 Å². The second-order valence-electron chi connectivity index (χ2n) is 6.09. The second-order valence-corrected chi connectivity index (χ2v) is 6.09. The largest absolute Gasteiger partial charge is 0.497 e. The normalized spacial score (nSPS) is 10.9. The summed E-state index contributed by atoms with van der Waals surface area (Å²) < 4.78 is 5.28. The van der Waals surface area contributed by atoms with E-state index < -0.39 is 0 Å². The Morgan fingerprint density at radius 1 is 0.880 bits per heavy atom. The van der Waals surface area contributed by atoms with Crippen LogP contribution in [0.25, 0.3) is 11.2 Å². The standard InChI is InChI=1S/C21H19N3O/c1-25-18-9-5-8-16(11-18)13-20-23-19-12-17(14-22-21(19)24-20)10-15-6-3-2-4-7-15/h2-9,11-12,14H,10,13H2,1H3,(H,22,23,24). The van der Waals surface area contributed by atoms with Gasteiger partial charge in [-0.3, -0.25) is 0 Å². The average molecular weight is 329 g/mol. The molecule has 2 heterocycles. The predicted molar refractivity (Wildman–Crippen MR) is 98.9 cm³/mol. The Morgan fingerprint density at radius 3 is 2.56 bits per heavy atom. The van der Waals surface area contributed by atoms with Crippen LogP contribution in [0, 0.1) is 0 Å². The molecule has 0 atom stereocenters. The number of methoxy groups -OCH3 is 1. The van der Waals surface area contributed by atoms with Gasteiger partial charge in [-0.15, -0.1) is 0 Å². The molecular weight excluding hydrogens is 310 g/mol. The lowest BCUT2D eigenvalue weighted by molar-refractivity contribution is 0.414. The number of imidazole rings is 1. The zero-order valence-electron chi connectivity index (χ0n) is 14.1. The Balaban J connectivity index is 1.57. The molecule has 0 unspecified atom stereocenters. The van der Waals surface area contributed by atoms with E-state index >= 15 is 0 Å². The van der Waals surface area contributed by atoms with Crippen molar-refractivity contribution in [1.82, 2.24) is 15.0 Å². The van der Waals surface area contributed by atoms with Gasteiger partial charge in [0, 0.05) is 12.6 Å². The number of nitrogens with one attached hydrogen (secondary N) is 1. The van der Waals surface area contributed by atoms with Crippen molar-refractivity contribution in [2.45, 2.75) is 12.8 Å². The molecule has 0 aliphatic rings. The van der Waals surface area contributed by atoms with E-state index in [0.29, 0.717) is 0 Å². The number of aromatic amines is 1. The van der Waals surface area contributed by atoms with E-state index in [1.54, 1.807) is 7.11 Å². The highest BCUT2D eigenvalue weighted by Crippen LogP contribution is 2.18. The van der Waals surface area contributed by atoms with Gasteiger partial charge in [0.05, 0.1) is 12.6 Å². The summed E-state index contributed by atoms with van der Waals surface area (Å²) in [5.74, 6) is 1.77. The molecule has 4 rings (SSSR count). The number of pyridine rings is 1. The Kier molecular flexibility index (Phi) is 4.17. The second kappa shape index (κ2) is 6.77. The number of rotatable bonds is 5. The summed E-state index contributed by atoms with van der Waals surface area (Å²) in [5.41, 5.74) is 5.35. The number of nitrogens with zero attached hydrogens (tertiary/aromatic N) is 2. The van der Waals surface area contributed by atoms with Gasteiger partial charge in [-0.1, -0.05) is 42.5 Å². The van der Waals surface area contributed by atoms with Crippen LogP contribution in [0.4, 0.5) is 0 Å². The summed E-state index contributed by atoms with van der Waals surface area (Å²) in [6, 6.07) is 20.6. The van der Waals surface area contributed by atoms with Gasteiger partial charge in [-0.2, -0.15) is 0 Å². The van der Waals surface area contributed by atoms with E-state index in [-0.39, 0.29) is 0 Å². The first-order valence-electron chi connectivity index (χ1n) is 8.30. The SMILES string of the molecule is COc1cccc(Cc2nc3ncc(Cc4ccccc4)cc3[nH]2)c1. The lowest BCUT2D eigenvalue weighted by atomic mass is 10.1. The van der Waals surface area contributed by atoms with Gasteiger partial charge in [0.1, 0.15) is 11.6 Å². The van der Waals surface area contributed by atoms with Crippen LogP contribution in [0.2, 0.25) is 0 Å². The Bertz CT molecular complexity index is 992. The number of hydrogen-bond donors (Lipinski definition) is 1. The monoisotopic (exact) mass is 329 g/mol. The van der Waals surface area contributed by atoms with E-state index in [1.807, 2.05) is 30.5 Å². The molecule has 0 radical (unpaired) electrons. The van der Waals surface area contributed by atoms with E-state index in [2.05, 4.69) is 51.4 Å². The molecule has 0 saturated heterocycles. The maximum atomic E-state index is 5.28. The molecule has 4 aromatic rings. The third-order valence-corrected chi connectivity index (χ3v) is 4.20. The molecule has 4 heteroatoms. The third kappa shape index (κ3) is 3.53. The lowest BCUT2D eigenvalue weighted by Gasteiger charge is -2.02. The highest BCUT2D eigenvalue weighted by molar-refractivity contribution is 5.71. The van der Waals surface area contributed by atoms with Crippen LogP contribution in [0.1, 0.15) is 22.5 Å². The molecule has 0 aliphatic carbocycles. The average Bonchev–Trinajstić information content (AvgIpc) is 3.04. The number of hydrogen-bond acceptors (Lipinski definition) is 3. The van der Waals surface area contributed by atoms with Gasteiger partial charge in [-0.25, -0.2) is 9.97 Å². The molecule has 0 saturated carbocycles. The zero-order chi connectivity index (χ0) is 17.1. The van der Waals surface area contributed by atoms with Crippen molar-refractivity contribution < 1.29 is 4.74 Å². The van der Waals surface area contributed by atoms with Crippen molar-refractivity contribution in [3.8, 4) is 5.75 Å².